The average Bonchev–Trinajstić information content (AvgIpc) is 2.05. The third-order valence-electron chi connectivity index (χ3n) is 2.32. The molecule has 0 saturated carbocycles. The SMILES string of the molecule is COCC1=CCCN(C(C)C)C1. The zero-order chi connectivity index (χ0) is 8.97. The molecule has 0 unspecified atom stereocenters. The second-order valence-corrected chi connectivity index (χ2v) is 3.65. The Bertz CT molecular complexity index is 163. The summed E-state index contributed by atoms with van der Waals surface area (Å²) in [6, 6.07) is 0.658. The molecular weight excluding hydrogens is 150 g/mol. The summed E-state index contributed by atoms with van der Waals surface area (Å²) in [6.07, 6.45) is 3.49. The highest BCUT2D eigenvalue weighted by molar-refractivity contribution is 5.08. The molecule has 0 aromatic heterocycles. The third kappa shape index (κ3) is 2.61. The van der Waals surface area contributed by atoms with Crippen LogP contribution in [0.2, 0.25) is 0 Å². The fourth-order valence-electron chi connectivity index (χ4n) is 1.57. The van der Waals surface area contributed by atoms with Crippen LogP contribution in [0.5, 0.6) is 0 Å². The monoisotopic (exact) mass is 169 g/mol. The molecule has 0 aromatic carbocycles. The van der Waals surface area contributed by atoms with Gasteiger partial charge in [-0.2, -0.15) is 0 Å². The topological polar surface area (TPSA) is 12.5 Å². The van der Waals surface area contributed by atoms with Crippen LogP contribution in [-0.2, 0) is 4.74 Å². The Kier molecular flexibility index (Phi) is 3.76. The van der Waals surface area contributed by atoms with Crippen molar-refractivity contribution in [2.24, 2.45) is 0 Å². The maximum Gasteiger partial charge on any atom is 0.0685 e. The van der Waals surface area contributed by atoms with Gasteiger partial charge in [0, 0.05) is 26.2 Å². The van der Waals surface area contributed by atoms with Gasteiger partial charge in [0.15, 0.2) is 0 Å². The lowest BCUT2D eigenvalue weighted by Gasteiger charge is -2.30. The predicted octanol–water partition coefficient (Wildman–Crippen LogP) is 1.67. The van der Waals surface area contributed by atoms with Crippen molar-refractivity contribution in [3.05, 3.63) is 11.6 Å². The molecule has 0 aromatic rings. The van der Waals surface area contributed by atoms with Gasteiger partial charge in [0.25, 0.3) is 0 Å². The molecule has 2 nitrogen and oxygen atoms in total. The van der Waals surface area contributed by atoms with Crippen molar-refractivity contribution < 1.29 is 4.74 Å². The molecule has 1 aliphatic heterocycles. The van der Waals surface area contributed by atoms with Crippen LogP contribution >= 0.6 is 0 Å². The average molecular weight is 169 g/mol. The first-order chi connectivity index (χ1) is 5.74. The van der Waals surface area contributed by atoms with Gasteiger partial charge in [0.1, 0.15) is 0 Å². The first kappa shape index (κ1) is 9.75. The molecule has 0 saturated heterocycles. The number of ether oxygens (including phenoxy) is 1. The van der Waals surface area contributed by atoms with Crippen LogP contribution in [0, 0.1) is 0 Å². The highest BCUT2D eigenvalue weighted by Gasteiger charge is 2.14. The summed E-state index contributed by atoms with van der Waals surface area (Å²) < 4.78 is 5.11. The fraction of sp³-hybridized carbons (Fsp3) is 0.800. The van der Waals surface area contributed by atoms with Gasteiger partial charge in [-0.1, -0.05) is 6.08 Å². The van der Waals surface area contributed by atoms with E-state index >= 15 is 0 Å². The van der Waals surface area contributed by atoms with E-state index in [4.69, 9.17) is 4.74 Å². The molecular formula is C10H19NO. The Labute approximate surface area is 75.2 Å². The molecule has 0 fully saturated rings. The lowest BCUT2D eigenvalue weighted by molar-refractivity contribution is 0.189. The molecule has 0 bridgehead atoms. The molecule has 2 heteroatoms. The summed E-state index contributed by atoms with van der Waals surface area (Å²) in [5.41, 5.74) is 1.43. The first-order valence-electron chi connectivity index (χ1n) is 4.65. The molecule has 1 aliphatic rings. The van der Waals surface area contributed by atoms with Gasteiger partial charge in [-0.3, -0.25) is 4.90 Å². The molecule has 12 heavy (non-hydrogen) atoms. The summed E-state index contributed by atoms with van der Waals surface area (Å²) in [6.45, 7) is 7.57. The van der Waals surface area contributed by atoms with E-state index in [9.17, 15) is 0 Å². The van der Waals surface area contributed by atoms with Crippen LogP contribution in [-0.4, -0.2) is 37.7 Å². The Hall–Kier alpha value is -0.340. The van der Waals surface area contributed by atoms with Gasteiger partial charge in [-0.05, 0) is 25.8 Å². The van der Waals surface area contributed by atoms with Crippen LogP contribution in [0.15, 0.2) is 11.6 Å². The summed E-state index contributed by atoms with van der Waals surface area (Å²) in [5.74, 6) is 0. The van der Waals surface area contributed by atoms with Gasteiger partial charge in [-0.25, -0.2) is 0 Å². The van der Waals surface area contributed by atoms with E-state index in [-0.39, 0.29) is 0 Å². The van der Waals surface area contributed by atoms with Gasteiger partial charge in [-0.15, -0.1) is 0 Å². The van der Waals surface area contributed by atoms with Crippen molar-refractivity contribution in [2.75, 3.05) is 26.8 Å². The highest BCUT2D eigenvalue weighted by atomic mass is 16.5. The maximum absolute atomic E-state index is 5.11. The second-order valence-electron chi connectivity index (χ2n) is 3.65. The van der Waals surface area contributed by atoms with Gasteiger partial charge < -0.3 is 4.74 Å². The largest absolute Gasteiger partial charge is 0.380 e. The van der Waals surface area contributed by atoms with Crippen LogP contribution in [0.3, 0.4) is 0 Å². The van der Waals surface area contributed by atoms with Crippen molar-refractivity contribution in [3.8, 4) is 0 Å². The molecule has 1 heterocycles. The molecule has 0 amide bonds. The summed E-state index contributed by atoms with van der Waals surface area (Å²) in [7, 11) is 1.76. The van der Waals surface area contributed by atoms with Crippen LogP contribution in [0.1, 0.15) is 20.3 Å². The van der Waals surface area contributed by atoms with E-state index in [1.165, 1.54) is 18.5 Å². The molecule has 70 valence electrons. The molecule has 0 spiro atoms. The number of methoxy groups -OCH3 is 1. The fourth-order valence-corrected chi connectivity index (χ4v) is 1.57. The molecule has 1 rings (SSSR count). The quantitative estimate of drug-likeness (QED) is 0.596. The zero-order valence-corrected chi connectivity index (χ0v) is 8.34. The second kappa shape index (κ2) is 4.63. The Morgan fingerprint density at radius 1 is 1.58 bits per heavy atom. The van der Waals surface area contributed by atoms with E-state index in [0.29, 0.717) is 6.04 Å². The van der Waals surface area contributed by atoms with E-state index in [1.54, 1.807) is 7.11 Å². The van der Waals surface area contributed by atoms with Crippen LogP contribution in [0.25, 0.3) is 0 Å². The minimum absolute atomic E-state index is 0.658. The Balaban J connectivity index is 2.42. The molecule has 0 atom stereocenters. The van der Waals surface area contributed by atoms with E-state index in [2.05, 4.69) is 24.8 Å². The number of rotatable bonds is 3. The highest BCUT2D eigenvalue weighted by Crippen LogP contribution is 2.12. The van der Waals surface area contributed by atoms with Crippen molar-refractivity contribution >= 4 is 0 Å². The van der Waals surface area contributed by atoms with Crippen molar-refractivity contribution in [1.29, 1.82) is 0 Å². The van der Waals surface area contributed by atoms with E-state index in [0.717, 1.165) is 13.2 Å². The molecule has 0 aliphatic carbocycles. The standard InChI is InChI=1S/C10H19NO/c1-9(2)11-6-4-5-10(7-11)8-12-3/h5,9H,4,6-8H2,1-3H3. The van der Waals surface area contributed by atoms with Gasteiger partial charge in [0.2, 0.25) is 0 Å². The third-order valence-corrected chi connectivity index (χ3v) is 2.32. The summed E-state index contributed by atoms with van der Waals surface area (Å²) in [5, 5.41) is 0. The zero-order valence-electron chi connectivity index (χ0n) is 8.34. The lowest BCUT2D eigenvalue weighted by atomic mass is 10.1. The maximum atomic E-state index is 5.11. The summed E-state index contributed by atoms with van der Waals surface area (Å²) >= 11 is 0. The summed E-state index contributed by atoms with van der Waals surface area (Å²) in [4.78, 5) is 2.48. The van der Waals surface area contributed by atoms with Crippen molar-refractivity contribution in [3.63, 3.8) is 0 Å². The number of nitrogens with zero attached hydrogens (tertiary/aromatic N) is 1. The molecule has 0 radical (unpaired) electrons. The molecule has 0 N–H and O–H groups in total. The number of hydrogen-bond acceptors (Lipinski definition) is 2. The normalized spacial score (nSPS) is 19.8. The van der Waals surface area contributed by atoms with Gasteiger partial charge >= 0.3 is 0 Å². The van der Waals surface area contributed by atoms with Crippen LogP contribution in [0.4, 0.5) is 0 Å². The predicted molar refractivity (Wildman–Crippen MR) is 51.3 cm³/mol. The lowest BCUT2D eigenvalue weighted by Crippen LogP contribution is -2.36. The van der Waals surface area contributed by atoms with E-state index < -0.39 is 0 Å². The van der Waals surface area contributed by atoms with Crippen molar-refractivity contribution in [1.82, 2.24) is 4.90 Å². The Morgan fingerprint density at radius 3 is 2.92 bits per heavy atom. The first-order valence-corrected chi connectivity index (χ1v) is 4.65. The number of hydrogen-bond donors (Lipinski definition) is 0. The minimum Gasteiger partial charge on any atom is -0.380 e. The van der Waals surface area contributed by atoms with Crippen molar-refractivity contribution in [2.45, 2.75) is 26.3 Å². The van der Waals surface area contributed by atoms with E-state index in [1.807, 2.05) is 0 Å². The van der Waals surface area contributed by atoms with Gasteiger partial charge in [0.05, 0.1) is 6.61 Å². The minimum atomic E-state index is 0.658. The van der Waals surface area contributed by atoms with Crippen LogP contribution < -0.4 is 0 Å². The smallest absolute Gasteiger partial charge is 0.0685 e. The Morgan fingerprint density at radius 2 is 2.33 bits per heavy atom.